The molecule has 17 heavy (non-hydrogen) atoms. The van der Waals surface area contributed by atoms with E-state index in [1.807, 2.05) is 0 Å². The number of nitrogens with zero attached hydrogens (tertiary/aromatic N) is 1. The Balaban J connectivity index is 1.72. The summed E-state index contributed by atoms with van der Waals surface area (Å²) in [5, 5.41) is 3.43. The minimum atomic E-state index is -0.123. The van der Waals surface area contributed by atoms with E-state index < -0.39 is 0 Å². The number of halogens is 1. The van der Waals surface area contributed by atoms with Crippen molar-refractivity contribution < 1.29 is 4.39 Å². The molecule has 0 aliphatic heterocycles. The molecule has 0 spiro atoms. The Morgan fingerprint density at radius 2 is 2.00 bits per heavy atom. The fourth-order valence-electron chi connectivity index (χ4n) is 2.16. The molecule has 1 N–H and O–H groups in total. The molecule has 0 atom stereocenters. The van der Waals surface area contributed by atoms with Gasteiger partial charge in [0.2, 0.25) is 0 Å². The van der Waals surface area contributed by atoms with Gasteiger partial charge in [0.05, 0.1) is 0 Å². The van der Waals surface area contributed by atoms with Crippen molar-refractivity contribution in [2.24, 2.45) is 0 Å². The summed E-state index contributed by atoms with van der Waals surface area (Å²) >= 11 is 0. The summed E-state index contributed by atoms with van der Waals surface area (Å²) in [4.78, 5) is 2.20. The van der Waals surface area contributed by atoms with E-state index in [2.05, 4.69) is 23.3 Å². The van der Waals surface area contributed by atoms with Crippen molar-refractivity contribution in [3.05, 3.63) is 29.6 Å². The van der Waals surface area contributed by atoms with Gasteiger partial charge >= 0.3 is 0 Å². The molecule has 0 unspecified atom stereocenters. The molecule has 0 saturated heterocycles. The number of benzene rings is 1. The van der Waals surface area contributed by atoms with Crippen LogP contribution in [-0.4, -0.2) is 19.1 Å². The number of hydrogen-bond donors (Lipinski definition) is 1. The van der Waals surface area contributed by atoms with Crippen LogP contribution in [0.3, 0.4) is 0 Å². The third-order valence-corrected chi connectivity index (χ3v) is 3.62. The van der Waals surface area contributed by atoms with E-state index in [0.29, 0.717) is 12.1 Å². The molecule has 3 heteroatoms. The van der Waals surface area contributed by atoms with Gasteiger partial charge in [-0.2, -0.15) is 0 Å². The minimum Gasteiger partial charge on any atom is -0.372 e. The quantitative estimate of drug-likeness (QED) is 0.842. The van der Waals surface area contributed by atoms with Gasteiger partial charge in [0.25, 0.3) is 0 Å². The maximum absolute atomic E-state index is 13.6. The van der Waals surface area contributed by atoms with Gasteiger partial charge in [-0.15, -0.1) is 0 Å². The monoisotopic (exact) mass is 234 g/mol. The predicted octanol–water partition coefficient (Wildman–Crippen LogP) is 2.68. The Morgan fingerprint density at radius 3 is 2.65 bits per heavy atom. The van der Waals surface area contributed by atoms with Crippen LogP contribution in [0.1, 0.15) is 31.2 Å². The lowest BCUT2D eigenvalue weighted by atomic mass is 10.1. The number of anilines is 1. The van der Waals surface area contributed by atoms with Crippen LogP contribution in [0, 0.1) is 5.82 Å². The molecule has 1 aromatic carbocycles. The van der Waals surface area contributed by atoms with Gasteiger partial charge in [-0.1, -0.05) is 0 Å². The Bertz CT molecular complexity index is 411. The number of rotatable bonds is 5. The van der Waals surface area contributed by atoms with Crippen LogP contribution in [-0.2, 0) is 6.54 Å². The van der Waals surface area contributed by atoms with E-state index in [0.717, 1.165) is 17.8 Å². The SMILES string of the molecule is CN(c1cc(F)cc(CNC2CC2)c1)C1CC1. The zero-order valence-electron chi connectivity index (χ0n) is 10.2. The van der Waals surface area contributed by atoms with Gasteiger partial charge in [0.1, 0.15) is 5.82 Å². The summed E-state index contributed by atoms with van der Waals surface area (Å²) in [6.07, 6.45) is 5.01. The van der Waals surface area contributed by atoms with Crippen molar-refractivity contribution in [1.29, 1.82) is 0 Å². The van der Waals surface area contributed by atoms with Crippen molar-refractivity contribution >= 4 is 5.69 Å². The molecule has 0 aromatic heterocycles. The summed E-state index contributed by atoms with van der Waals surface area (Å²) in [6.45, 7) is 0.786. The lowest BCUT2D eigenvalue weighted by Crippen LogP contribution is -2.20. The standard InChI is InChI=1S/C14H19FN2/c1-17(13-4-5-13)14-7-10(6-11(15)8-14)9-16-12-2-3-12/h6-8,12-13,16H,2-5,9H2,1H3. The summed E-state index contributed by atoms with van der Waals surface area (Å²) in [5.41, 5.74) is 2.07. The highest BCUT2D eigenvalue weighted by atomic mass is 19.1. The summed E-state index contributed by atoms with van der Waals surface area (Å²) < 4.78 is 13.6. The maximum atomic E-state index is 13.6. The van der Waals surface area contributed by atoms with Gasteiger partial charge in [0, 0.05) is 31.4 Å². The molecule has 2 aliphatic rings. The van der Waals surface area contributed by atoms with Gasteiger partial charge in [-0.05, 0) is 49.4 Å². The van der Waals surface area contributed by atoms with E-state index in [-0.39, 0.29) is 5.82 Å². The second-order valence-corrected chi connectivity index (χ2v) is 5.31. The zero-order chi connectivity index (χ0) is 11.8. The summed E-state index contributed by atoms with van der Waals surface area (Å²) in [6, 6.07) is 6.68. The van der Waals surface area contributed by atoms with Crippen molar-refractivity contribution in [3.8, 4) is 0 Å². The van der Waals surface area contributed by atoms with Gasteiger partial charge in [-0.3, -0.25) is 0 Å². The average Bonchev–Trinajstić information content (AvgIpc) is 3.17. The number of hydrogen-bond acceptors (Lipinski definition) is 2. The first-order valence-electron chi connectivity index (χ1n) is 6.48. The fourth-order valence-corrected chi connectivity index (χ4v) is 2.16. The van der Waals surface area contributed by atoms with Crippen LogP contribution in [0.25, 0.3) is 0 Å². The second-order valence-electron chi connectivity index (χ2n) is 5.31. The molecule has 0 amide bonds. The van der Waals surface area contributed by atoms with Crippen molar-refractivity contribution in [2.45, 2.75) is 44.3 Å². The molecule has 1 aromatic rings. The second kappa shape index (κ2) is 4.30. The fraction of sp³-hybridized carbons (Fsp3) is 0.571. The molecule has 92 valence electrons. The van der Waals surface area contributed by atoms with Crippen LogP contribution in [0.2, 0.25) is 0 Å². The van der Waals surface area contributed by atoms with Crippen LogP contribution < -0.4 is 10.2 Å². The van der Waals surface area contributed by atoms with Gasteiger partial charge < -0.3 is 10.2 Å². The van der Waals surface area contributed by atoms with Crippen molar-refractivity contribution in [2.75, 3.05) is 11.9 Å². The van der Waals surface area contributed by atoms with Crippen LogP contribution >= 0.6 is 0 Å². The smallest absolute Gasteiger partial charge is 0.125 e. The molecule has 3 rings (SSSR count). The largest absolute Gasteiger partial charge is 0.372 e. The maximum Gasteiger partial charge on any atom is 0.125 e. The first-order valence-corrected chi connectivity index (χ1v) is 6.48. The number of nitrogens with one attached hydrogen (secondary N) is 1. The van der Waals surface area contributed by atoms with Crippen LogP contribution in [0.4, 0.5) is 10.1 Å². The highest BCUT2D eigenvalue weighted by Gasteiger charge is 2.27. The molecule has 2 fully saturated rings. The highest BCUT2D eigenvalue weighted by Crippen LogP contribution is 2.31. The van der Waals surface area contributed by atoms with Crippen molar-refractivity contribution in [1.82, 2.24) is 5.32 Å². The highest BCUT2D eigenvalue weighted by molar-refractivity contribution is 5.50. The summed E-state index contributed by atoms with van der Waals surface area (Å²) in [7, 11) is 2.06. The molecular weight excluding hydrogens is 215 g/mol. The normalized spacial score (nSPS) is 19.4. The molecule has 2 aliphatic carbocycles. The van der Waals surface area contributed by atoms with E-state index in [9.17, 15) is 4.39 Å². The molecule has 0 radical (unpaired) electrons. The Labute approximate surface area is 102 Å². The first kappa shape index (κ1) is 11.0. The van der Waals surface area contributed by atoms with Crippen molar-refractivity contribution in [3.63, 3.8) is 0 Å². The molecule has 2 saturated carbocycles. The Kier molecular flexibility index (Phi) is 2.79. The topological polar surface area (TPSA) is 15.3 Å². The third kappa shape index (κ3) is 2.78. The van der Waals surface area contributed by atoms with Crippen LogP contribution in [0.5, 0.6) is 0 Å². The average molecular weight is 234 g/mol. The first-order chi connectivity index (χ1) is 8.22. The molecule has 2 nitrogen and oxygen atoms in total. The van der Waals surface area contributed by atoms with E-state index in [4.69, 9.17) is 0 Å². The Morgan fingerprint density at radius 1 is 1.24 bits per heavy atom. The predicted molar refractivity (Wildman–Crippen MR) is 67.7 cm³/mol. The van der Waals surface area contributed by atoms with Crippen LogP contribution in [0.15, 0.2) is 18.2 Å². The minimum absolute atomic E-state index is 0.123. The lowest BCUT2D eigenvalue weighted by Gasteiger charge is -2.19. The van der Waals surface area contributed by atoms with E-state index >= 15 is 0 Å². The molecule has 0 heterocycles. The molecular formula is C14H19FN2. The lowest BCUT2D eigenvalue weighted by molar-refractivity contribution is 0.619. The Hall–Kier alpha value is -1.09. The van der Waals surface area contributed by atoms with Gasteiger partial charge in [-0.25, -0.2) is 4.39 Å². The third-order valence-electron chi connectivity index (χ3n) is 3.62. The van der Waals surface area contributed by atoms with Gasteiger partial charge in [0.15, 0.2) is 0 Å². The molecule has 0 bridgehead atoms. The van der Waals surface area contributed by atoms with E-state index in [1.54, 1.807) is 12.1 Å². The summed E-state index contributed by atoms with van der Waals surface area (Å²) in [5.74, 6) is -0.123. The van der Waals surface area contributed by atoms with E-state index in [1.165, 1.54) is 25.7 Å². The zero-order valence-corrected chi connectivity index (χ0v) is 10.2.